The Hall–Kier alpha value is -12.9. The van der Waals surface area contributed by atoms with Gasteiger partial charge in [0, 0.05) is 143 Å². The van der Waals surface area contributed by atoms with Crippen LogP contribution < -0.4 is 42.3 Å². The zero-order valence-electron chi connectivity index (χ0n) is 71.4. The molecule has 0 unspecified atom stereocenters. The summed E-state index contributed by atoms with van der Waals surface area (Å²) < 4.78 is 27.9. The molecule has 0 aliphatic carbocycles. The van der Waals surface area contributed by atoms with Crippen LogP contribution in [0.3, 0.4) is 0 Å². The molecule has 22 heterocycles. The second kappa shape index (κ2) is 33.1. The van der Waals surface area contributed by atoms with Crippen molar-refractivity contribution in [1.29, 1.82) is 0 Å². The fraction of sp³-hybridized carbons (Fsp3) is 0.380. The number of fused-ring (bicyclic) bond motifs is 10. The normalized spacial score (nSPS) is 18.0. The number of piperidine rings is 1. The summed E-state index contributed by atoms with van der Waals surface area (Å²) in [5.41, 5.74) is 19.0. The van der Waals surface area contributed by atoms with E-state index in [0.717, 1.165) is 159 Å². The summed E-state index contributed by atoms with van der Waals surface area (Å²) in [7, 11) is 4.23. The predicted molar refractivity (Wildman–Crippen MR) is 477 cm³/mol. The van der Waals surface area contributed by atoms with Gasteiger partial charge in [0.15, 0.2) is 11.5 Å². The number of aliphatic hydroxyl groups is 1. The van der Waals surface area contributed by atoms with Gasteiger partial charge in [-0.05, 0) is 199 Å². The molecule has 16 aromatic rings. The van der Waals surface area contributed by atoms with Crippen molar-refractivity contribution in [2.45, 2.75) is 136 Å². The van der Waals surface area contributed by atoms with Crippen LogP contribution in [-0.4, -0.2) is 221 Å². The highest BCUT2D eigenvalue weighted by Gasteiger charge is 2.35. The van der Waals surface area contributed by atoms with Crippen molar-refractivity contribution in [3.8, 4) is 45.4 Å². The Morgan fingerprint density at radius 3 is 1.26 bits per heavy atom. The Balaban J connectivity index is 0.000000108. The van der Waals surface area contributed by atoms with Crippen molar-refractivity contribution < 1.29 is 9.50 Å². The summed E-state index contributed by atoms with van der Waals surface area (Å²) in [5, 5.41) is 28.2. The Labute approximate surface area is 713 Å². The lowest BCUT2D eigenvalue weighted by Gasteiger charge is -2.38. The number of hydrogen-bond acceptors (Lipinski definition) is 23. The number of halogens is 1. The molecule has 16 aromatic heterocycles. The van der Waals surface area contributed by atoms with Crippen LogP contribution in [-0.2, 0) is 24.9 Å². The highest BCUT2D eigenvalue weighted by molar-refractivity contribution is 5.71. The number of nitrogens with one attached hydrogen (secondary N) is 1. The summed E-state index contributed by atoms with van der Waals surface area (Å²) in [6.07, 6.45) is 26.4. The van der Waals surface area contributed by atoms with Crippen molar-refractivity contribution in [2.24, 2.45) is 0 Å². The van der Waals surface area contributed by atoms with E-state index in [1.165, 1.54) is 55.3 Å². The van der Waals surface area contributed by atoms with Gasteiger partial charge in [0.2, 0.25) is 0 Å². The van der Waals surface area contributed by atoms with Gasteiger partial charge in [-0.3, -0.25) is 61.5 Å². The molecular weight excluding hydrogens is 1570 g/mol. The number of imidazole rings is 1. The van der Waals surface area contributed by atoms with Gasteiger partial charge in [-0.1, -0.05) is 26.8 Å². The van der Waals surface area contributed by atoms with Crippen molar-refractivity contribution in [2.75, 3.05) is 107 Å². The van der Waals surface area contributed by atoms with E-state index in [0.29, 0.717) is 110 Å². The molecule has 6 aliphatic heterocycles. The standard InChI is InChI=1S/2C24H27N7O.C23H27N7O.C21H20FN5O2/c2*1-3-19-22-11-21(27-31(22)13-16(2)25-19)20-12-24(32)30-15-18(6-7-23(30)26-20)29-10-9-28-8-4-5-17(28)14-29;1-5-18-21-10-20(26-30(21)12-15(2)24-18)19-11-23(31)29-14-17(6-7-22(29)25-19)28-9-8-16(13-28)27(3)4;1-13-10-26-11-14(8-16(22)20(26)24-13)17-9-19(28)27-12-15(2-3-18(27)25-17)21(29)4-6-23-7-5-21/h2*6-7,11-13,15,17H,3-5,8-10,14H2,1-2H3;6-7,10-12,14,16H,5,8-9,13H2,1-4H3;2-3,8-12,23,29H,4-7H2,1H3/t2*17-;16-;/m101./s1. The van der Waals surface area contributed by atoms with Crippen LogP contribution in [0.4, 0.5) is 21.5 Å². The van der Waals surface area contributed by atoms with Crippen LogP contribution >= 0.6 is 0 Å². The number of rotatable bonds is 12. The lowest BCUT2D eigenvalue weighted by molar-refractivity contribution is 0.00555. The van der Waals surface area contributed by atoms with Gasteiger partial charge < -0.3 is 34.4 Å². The summed E-state index contributed by atoms with van der Waals surface area (Å²) in [6, 6.07) is 30.7. The molecule has 0 radical (unpaired) electrons. The van der Waals surface area contributed by atoms with E-state index < -0.39 is 11.4 Å². The maximum atomic E-state index is 14.4. The van der Waals surface area contributed by atoms with Crippen LogP contribution in [0.15, 0.2) is 172 Å². The topological polar surface area (TPSA) is 297 Å². The van der Waals surface area contributed by atoms with E-state index in [1.54, 1.807) is 73.4 Å². The van der Waals surface area contributed by atoms with E-state index in [4.69, 9.17) is 15.0 Å². The highest BCUT2D eigenvalue weighted by atomic mass is 19.1. The third kappa shape index (κ3) is 15.8. The van der Waals surface area contributed by atoms with E-state index in [1.807, 2.05) is 108 Å². The Morgan fingerprint density at radius 2 is 0.831 bits per heavy atom. The number of pyridine rings is 5. The summed E-state index contributed by atoms with van der Waals surface area (Å²) in [5.74, 6) is -0.471. The quantitative estimate of drug-likeness (QED) is 0.115. The van der Waals surface area contributed by atoms with Crippen molar-refractivity contribution in [1.82, 2.24) is 111 Å². The maximum absolute atomic E-state index is 14.4. The molecule has 32 heteroatoms. The minimum Gasteiger partial charge on any atom is -0.385 e. The molecule has 6 saturated heterocycles. The summed E-state index contributed by atoms with van der Waals surface area (Å²) in [6.45, 7) is 26.0. The summed E-state index contributed by atoms with van der Waals surface area (Å²) >= 11 is 0. The number of anilines is 3. The van der Waals surface area contributed by atoms with E-state index >= 15 is 0 Å². The van der Waals surface area contributed by atoms with Gasteiger partial charge in [0.05, 0.1) is 120 Å². The minimum atomic E-state index is -0.953. The minimum absolute atomic E-state index is 0.0894. The van der Waals surface area contributed by atoms with Crippen LogP contribution in [0.25, 0.3) is 90.2 Å². The van der Waals surface area contributed by atoms with E-state index in [2.05, 4.69) is 128 Å². The van der Waals surface area contributed by atoms with Gasteiger partial charge in [-0.2, -0.15) is 15.3 Å². The molecule has 0 bridgehead atoms. The molecular formula is C92H101FN26O5. The fourth-order valence-electron chi connectivity index (χ4n) is 18.8. The molecule has 3 atom stereocenters. The third-order valence-corrected chi connectivity index (χ3v) is 25.4. The first-order valence-corrected chi connectivity index (χ1v) is 43.2. The van der Waals surface area contributed by atoms with Gasteiger partial charge in [-0.25, -0.2) is 42.9 Å². The Bertz CT molecular complexity index is 6880. The predicted octanol–water partition coefficient (Wildman–Crippen LogP) is 9.56. The molecule has 0 amide bonds. The van der Waals surface area contributed by atoms with Crippen molar-refractivity contribution >= 4 is 61.8 Å². The van der Waals surface area contributed by atoms with E-state index in [9.17, 15) is 28.7 Å². The molecule has 0 saturated carbocycles. The number of aryl methyl sites for hydroxylation is 7. The van der Waals surface area contributed by atoms with Crippen LogP contribution in [0.1, 0.15) is 111 Å². The smallest absolute Gasteiger partial charge is 0.258 e. The number of likely N-dealkylation sites (N-methyl/N-ethyl adjacent to an activating group) is 1. The monoisotopic (exact) mass is 1670 g/mol. The SMILES string of the molecule is CCc1nc(C)cn2nc(-c3cc(=O)n4cc(N5CCN6CCC[C@@H]6C5)ccc4n3)cc12.CCc1nc(C)cn2nc(-c3cc(=O)n4cc(N5CCN6CCC[C@H]6C5)ccc4n3)cc12.CCc1nc(C)cn2nc(-c3cc(=O)n4cc(N5CC[C@@H](N(C)C)C5)ccc4n3)cc12.Cc1cn2cc(-c3cc(=O)n4cc(C5(O)CCNCC5)ccc4n3)cc(F)c2n1. The van der Waals surface area contributed by atoms with Crippen LogP contribution in [0, 0.1) is 33.5 Å². The molecule has 636 valence electrons. The van der Waals surface area contributed by atoms with Gasteiger partial charge in [-0.15, -0.1) is 0 Å². The van der Waals surface area contributed by atoms with Crippen molar-refractivity contribution in [3.05, 3.63) is 245 Å². The van der Waals surface area contributed by atoms with Gasteiger partial charge >= 0.3 is 0 Å². The molecule has 31 nitrogen and oxygen atoms in total. The zero-order valence-corrected chi connectivity index (χ0v) is 71.4. The molecule has 0 spiro atoms. The van der Waals surface area contributed by atoms with Crippen LogP contribution in [0.5, 0.6) is 0 Å². The van der Waals surface area contributed by atoms with E-state index in [-0.39, 0.29) is 27.9 Å². The number of nitrogens with zero attached hydrogens (tertiary/aromatic N) is 25. The highest BCUT2D eigenvalue weighted by Crippen LogP contribution is 2.34. The molecule has 2 N–H and O–H groups in total. The Kier molecular flexibility index (Phi) is 21.6. The average Bonchev–Trinajstić information content (AvgIpc) is 1.13. The molecule has 0 aromatic carbocycles. The first-order valence-electron chi connectivity index (χ1n) is 43.2. The second-order valence-corrected chi connectivity index (χ2v) is 33.9. The lowest BCUT2D eigenvalue weighted by atomic mass is 9.86. The van der Waals surface area contributed by atoms with Crippen LogP contribution in [0.2, 0.25) is 0 Å². The number of hydrogen-bond donors (Lipinski definition) is 2. The lowest BCUT2D eigenvalue weighted by Crippen LogP contribution is -2.50. The average molecular weight is 1670 g/mol. The maximum Gasteiger partial charge on any atom is 0.258 e. The molecule has 22 rings (SSSR count). The zero-order chi connectivity index (χ0) is 85.5. The van der Waals surface area contributed by atoms with Crippen molar-refractivity contribution in [3.63, 3.8) is 0 Å². The molecule has 6 aliphatic rings. The number of piperazine rings is 2. The fourth-order valence-corrected chi connectivity index (χ4v) is 18.8. The third-order valence-electron chi connectivity index (χ3n) is 25.4. The Morgan fingerprint density at radius 1 is 0.427 bits per heavy atom. The van der Waals surface area contributed by atoms with Gasteiger partial charge in [0.1, 0.15) is 39.7 Å². The summed E-state index contributed by atoms with van der Waals surface area (Å²) in [4.78, 5) is 103. The molecule has 124 heavy (non-hydrogen) atoms. The number of aromatic nitrogens is 19. The van der Waals surface area contributed by atoms with Gasteiger partial charge in [0.25, 0.3) is 22.2 Å². The first kappa shape index (κ1) is 80.8. The second-order valence-electron chi connectivity index (χ2n) is 33.9. The molecule has 6 fully saturated rings. The largest absolute Gasteiger partial charge is 0.385 e. The first-order chi connectivity index (χ1) is 60.0.